The van der Waals surface area contributed by atoms with Crippen molar-refractivity contribution in [1.29, 1.82) is 0 Å². The van der Waals surface area contributed by atoms with Crippen LogP contribution in [0.25, 0.3) is 0 Å². The lowest BCUT2D eigenvalue weighted by molar-refractivity contribution is 0.467. The van der Waals surface area contributed by atoms with Crippen LogP contribution in [0.2, 0.25) is 5.02 Å². The molecule has 0 aliphatic heterocycles. The number of rotatable bonds is 5. The first-order valence-corrected chi connectivity index (χ1v) is 7.46. The molecule has 1 aliphatic carbocycles. The van der Waals surface area contributed by atoms with Gasteiger partial charge in [-0.05, 0) is 49.6 Å². The first kappa shape index (κ1) is 14.4. The fourth-order valence-corrected chi connectivity index (χ4v) is 2.42. The van der Waals surface area contributed by atoms with Crippen LogP contribution in [0.3, 0.4) is 0 Å². The molecule has 3 rings (SSSR count). The Morgan fingerprint density at radius 3 is 2.81 bits per heavy atom. The molecular weight excluding hydrogens is 289 g/mol. The Hall–Kier alpha value is -1.58. The minimum Gasteiger partial charge on any atom is -0.455 e. The van der Waals surface area contributed by atoms with Gasteiger partial charge in [0, 0.05) is 18.2 Å². The predicted octanol–water partition coefficient (Wildman–Crippen LogP) is 4.83. The molecule has 21 heavy (non-hydrogen) atoms. The molecule has 1 fully saturated rings. The number of para-hydroxylation sites is 1. The first-order valence-electron chi connectivity index (χ1n) is 7.08. The summed E-state index contributed by atoms with van der Waals surface area (Å²) in [7, 11) is 0. The maximum Gasteiger partial charge on any atom is 0.150 e. The third kappa shape index (κ3) is 3.55. The van der Waals surface area contributed by atoms with Crippen LogP contribution in [0, 0.1) is 12.7 Å². The van der Waals surface area contributed by atoms with Gasteiger partial charge in [-0.15, -0.1) is 0 Å². The van der Waals surface area contributed by atoms with E-state index < -0.39 is 0 Å². The fourth-order valence-electron chi connectivity index (χ4n) is 2.19. The van der Waals surface area contributed by atoms with Crippen molar-refractivity contribution < 1.29 is 9.13 Å². The normalized spacial score (nSPS) is 14.2. The topological polar surface area (TPSA) is 21.3 Å². The molecule has 0 heterocycles. The number of benzene rings is 2. The van der Waals surface area contributed by atoms with Gasteiger partial charge >= 0.3 is 0 Å². The van der Waals surface area contributed by atoms with Crippen molar-refractivity contribution >= 4 is 11.6 Å². The molecule has 1 aliphatic rings. The van der Waals surface area contributed by atoms with Gasteiger partial charge in [0.1, 0.15) is 11.6 Å². The Morgan fingerprint density at radius 2 is 2.10 bits per heavy atom. The Morgan fingerprint density at radius 1 is 1.29 bits per heavy atom. The van der Waals surface area contributed by atoms with Crippen molar-refractivity contribution in [3.05, 3.63) is 58.4 Å². The van der Waals surface area contributed by atoms with Crippen LogP contribution in [0.15, 0.2) is 36.4 Å². The van der Waals surface area contributed by atoms with Crippen LogP contribution in [0.4, 0.5) is 4.39 Å². The Kier molecular flexibility index (Phi) is 4.13. The molecule has 2 nitrogen and oxygen atoms in total. The Balaban J connectivity index is 1.85. The van der Waals surface area contributed by atoms with E-state index in [1.807, 2.05) is 19.1 Å². The molecule has 0 spiro atoms. The Labute approximate surface area is 128 Å². The maximum absolute atomic E-state index is 13.2. The summed E-state index contributed by atoms with van der Waals surface area (Å²) < 4.78 is 19.1. The minimum atomic E-state index is -0.269. The van der Waals surface area contributed by atoms with Crippen LogP contribution in [-0.2, 0) is 6.54 Å². The van der Waals surface area contributed by atoms with Crippen molar-refractivity contribution in [3.8, 4) is 11.5 Å². The zero-order chi connectivity index (χ0) is 14.8. The lowest BCUT2D eigenvalue weighted by atomic mass is 10.2. The molecule has 0 aromatic heterocycles. The largest absolute Gasteiger partial charge is 0.455 e. The van der Waals surface area contributed by atoms with Crippen molar-refractivity contribution in [3.63, 3.8) is 0 Å². The first-order chi connectivity index (χ1) is 10.1. The van der Waals surface area contributed by atoms with Crippen molar-refractivity contribution in [2.45, 2.75) is 32.4 Å². The van der Waals surface area contributed by atoms with Gasteiger partial charge in [0.15, 0.2) is 5.75 Å². The molecule has 2 aromatic carbocycles. The average Bonchev–Trinajstić information content (AvgIpc) is 3.26. The summed E-state index contributed by atoms with van der Waals surface area (Å²) in [6.07, 6.45) is 2.46. The van der Waals surface area contributed by atoms with Crippen LogP contribution in [0.1, 0.15) is 24.0 Å². The number of hydrogen-bond donors (Lipinski definition) is 1. The molecule has 0 unspecified atom stereocenters. The summed E-state index contributed by atoms with van der Waals surface area (Å²) in [6.45, 7) is 2.54. The second-order valence-electron chi connectivity index (χ2n) is 5.40. The van der Waals surface area contributed by atoms with Crippen LogP contribution in [-0.4, -0.2) is 6.04 Å². The molecule has 1 N–H and O–H groups in total. The summed E-state index contributed by atoms with van der Waals surface area (Å²) in [5, 5.41) is 4.02. The third-order valence-electron chi connectivity index (χ3n) is 3.56. The standard InChI is InChI=1S/C17H17ClFNO/c1-11-9-13(19)5-8-16(11)21-17-12(3-2-4-15(17)18)10-20-14-6-7-14/h2-5,8-9,14,20H,6-7,10H2,1H3. The predicted molar refractivity (Wildman–Crippen MR) is 82.5 cm³/mol. The van der Waals surface area contributed by atoms with Crippen LogP contribution >= 0.6 is 11.6 Å². The van der Waals surface area contributed by atoms with Gasteiger partial charge in [0.25, 0.3) is 0 Å². The minimum absolute atomic E-state index is 0.269. The summed E-state index contributed by atoms with van der Waals surface area (Å²) >= 11 is 6.27. The summed E-state index contributed by atoms with van der Waals surface area (Å²) in [5.41, 5.74) is 1.76. The van der Waals surface area contributed by atoms with Crippen LogP contribution in [0.5, 0.6) is 11.5 Å². The quantitative estimate of drug-likeness (QED) is 0.854. The van der Waals surface area contributed by atoms with E-state index in [1.165, 1.54) is 25.0 Å². The lowest BCUT2D eigenvalue weighted by Gasteiger charge is -2.15. The maximum atomic E-state index is 13.2. The van der Waals surface area contributed by atoms with Gasteiger partial charge in [-0.1, -0.05) is 23.7 Å². The number of ether oxygens (including phenoxy) is 1. The third-order valence-corrected chi connectivity index (χ3v) is 3.85. The van der Waals surface area contributed by atoms with Gasteiger partial charge in [-0.3, -0.25) is 0 Å². The van der Waals surface area contributed by atoms with Crippen molar-refractivity contribution in [2.24, 2.45) is 0 Å². The highest BCUT2D eigenvalue weighted by molar-refractivity contribution is 6.32. The molecule has 2 aromatic rings. The van der Waals surface area contributed by atoms with Gasteiger partial charge in [0.05, 0.1) is 5.02 Å². The van der Waals surface area contributed by atoms with Crippen molar-refractivity contribution in [2.75, 3.05) is 0 Å². The van der Waals surface area contributed by atoms with E-state index >= 15 is 0 Å². The second-order valence-corrected chi connectivity index (χ2v) is 5.80. The van der Waals surface area contributed by atoms with E-state index in [0.717, 1.165) is 17.7 Å². The monoisotopic (exact) mass is 305 g/mol. The molecule has 0 atom stereocenters. The second kappa shape index (κ2) is 6.04. The SMILES string of the molecule is Cc1cc(F)ccc1Oc1c(Cl)cccc1CNC1CC1. The molecule has 1 saturated carbocycles. The number of hydrogen-bond acceptors (Lipinski definition) is 2. The summed E-state index contributed by atoms with van der Waals surface area (Å²) in [5.74, 6) is 0.994. The number of halogens is 2. The highest BCUT2D eigenvalue weighted by atomic mass is 35.5. The molecule has 110 valence electrons. The zero-order valence-corrected chi connectivity index (χ0v) is 12.6. The molecule has 0 amide bonds. The smallest absolute Gasteiger partial charge is 0.150 e. The number of aryl methyl sites for hydroxylation is 1. The van der Waals surface area contributed by atoms with E-state index in [0.29, 0.717) is 22.6 Å². The van der Waals surface area contributed by atoms with E-state index in [2.05, 4.69) is 5.32 Å². The molecule has 0 saturated heterocycles. The zero-order valence-electron chi connectivity index (χ0n) is 11.8. The summed E-state index contributed by atoms with van der Waals surface area (Å²) in [6, 6.07) is 10.8. The van der Waals surface area contributed by atoms with E-state index in [-0.39, 0.29) is 5.82 Å². The molecule has 4 heteroatoms. The highest BCUT2D eigenvalue weighted by Crippen LogP contribution is 2.35. The summed E-state index contributed by atoms with van der Waals surface area (Å²) in [4.78, 5) is 0. The van der Waals surface area contributed by atoms with E-state index in [9.17, 15) is 4.39 Å². The number of nitrogens with one attached hydrogen (secondary N) is 1. The Bertz CT molecular complexity index is 655. The molecule has 0 radical (unpaired) electrons. The molecule has 0 bridgehead atoms. The van der Waals surface area contributed by atoms with Gasteiger partial charge < -0.3 is 10.1 Å². The van der Waals surface area contributed by atoms with E-state index in [4.69, 9.17) is 16.3 Å². The highest BCUT2D eigenvalue weighted by Gasteiger charge is 2.21. The van der Waals surface area contributed by atoms with Crippen LogP contribution < -0.4 is 10.1 Å². The lowest BCUT2D eigenvalue weighted by Crippen LogP contribution is -2.15. The molecular formula is C17H17ClFNO. The van der Waals surface area contributed by atoms with Gasteiger partial charge in [-0.25, -0.2) is 4.39 Å². The van der Waals surface area contributed by atoms with E-state index in [1.54, 1.807) is 12.1 Å². The average molecular weight is 306 g/mol. The van der Waals surface area contributed by atoms with Gasteiger partial charge in [-0.2, -0.15) is 0 Å². The fraction of sp³-hybridized carbons (Fsp3) is 0.294. The van der Waals surface area contributed by atoms with Crippen molar-refractivity contribution in [1.82, 2.24) is 5.32 Å². The van der Waals surface area contributed by atoms with Gasteiger partial charge in [0.2, 0.25) is 0 Å².